The van der Waals surface area contributed by atoms with Crippen LogP contribution in [0.5, 0.6) is 0 Å². The molecular weight excluding hydrogens is 266 g/mol. The molecule has 0 unspecified atom stereocenters. The lowest BCUT2D eigenvalue weighted by molar-refractivity contribution is 0.0750. The maximum atomic E-state index is 12.7. The molecule has 0 atom stereocenters. The smallest absolute Gasteiger partial charge is 0.276 e. The highest BCUT2D eigenvalue weighted by molar-refractivity contribution is 5.93. The number of carbonyl (C=O) groups excluding carboxylic acids is 1. The Bertz CT molecular complexity index is 502. The summed E-state index contributed by atoms with van der Waals surface area (Å²) in [6, 6.07) is 0.374. The predicted molar refractivity (Wildman–Crippen MR) is 80.2 cm³/mol. The minimum atomic E-state index is 0.0436. The molecule has 3 rings (SSSR count). The molecule has 1 aliphatic heterocycles. The number of hydrogen-bond donors (Lipinski definition) is 1. The predicted octanol–water partition coefficient (Wildman–Crippen LogP) is 1.38. The molecule has 1 aromatic rings. The molecule has 0 bridgehead atoms. The van der Waals surface area contributed by atoms with Crippen LogP contribution in [0.1, 0.15) is 54.8 Å². The minimum absolute atomic E-state index is 0.0436. The lowest BCUT2D eigenvalue weighted by Crippen LogP contribution is -2.33. The van der Waals surface area contributed by atoms with E-state index in [1.54, 1.807) is 0 Å². The molecule has 6 heteroatoms. The highest BCUT2D eigenvalue weighted by Crippen LogP contribution is 2.30. The first-order chi connectivity index (χ1) is 10.2. The van der Waals surface area contributed by atoms with Crippen molar-refractivity contribution < 1.29 is 4.79 Å². The summed E-state index contributed by atoms with van der Waals surface area (Å²) in [6.07, 6.45) is 4.61. The Labute approximate surface area is 125 Å². The summed E-state index contributed by atoms with van der Waals surface area (Å²) in [5.74, 6) is 0.746. The fourth-order valence-corrected chi connectivity index (χ4v) is 3.05. The lowest BCUT2D eigenvalue weighted by atomic mass is 10.1. The summed E-state index contributed by atoms with van der Waals surface area (Å²) in [7, 11) is 0. The zero-order valence-electron chi connectivity index (χ0n) is 13.0. The fraction of sp³-hybridized carbons (Fsp3) is 0.800. The van der Waals surface area contributed by atoms with Crippen LogP contribution in [0.25, 0.3) is 0 Å². The van der Waals surface area contributed by atoms with Crippen LogP contribution in [0.15, 0.2) is 0 Å². The molecule has 116 valence electrons. The van der Waals surface area contributed by atoms with Crippen molar-refractivity contribution in [1.82, 2.24) is 25.2 Å². The minimum Gasteiger partial charge on any atom is -0.337 e. The monoisotopic (exact) mass is 291 g/mol. The average molecular weight is 291 g/mol. The first-order valence-electron chi connectivity index (χ1n) is 8.12. The van der Waals surface area contributed by atoms with E-state index < -0.39 is 0 Å². The van der Waals surface area contributed by atoms with Gasteiger partial charge in [-0.3, -0.25) is 4.79 Å². The maximum absolute atomic E-state index is 12.7. The highest BCUT2D eigenvalue weighted by Gasteiger charge is 2.29. The van der Waals surface area contributed by atoms with E-state index in [9.17, 15) is 4.79 Å². The number of aromatic nitrogens is 3. The van der Waals surface area contributed by atoms with Gasteiger partial charge in [0.25, 0.3) is 5.91 Å². The second-order valence-corrected chi connectivity index (χ2v) is 6.24. The fourth-order valence-electron chi connectivity index (χ4n) is 3.05. The van der Waals surface area contributed by atoms with Gasteiger partial charge < -0.3 is 10.2 Å². The summed E-state index contributed by atoms with van der Waals surface area (Å²) in [4.78, 5) is 14.6. The number of rotatable bonds is 5. The second kappa shape index (κ2) is 6.13. The number of nitrogens with one attached hydrogen (secondary N) is 1. The third kappa shape index (κ3) is 3.10. The third-order valence-electron chi connectivity index (χ3n) is 4.63. The summed E-state index contributed by atoms with van der Waals surface area (Å²) < 4.78 is 1.96. The highest BCUT2D eigenvalue weighted by atomic mass is 16.2. The molecule has 0 aromatic carbocycles. The molecule has 0 radical (unpaired) electrons. The summed E-state index contributed by atoms with van der Waals surface area (Å²) in [5, 5.41) is 11.8. The van der Waals surface area contributed by atoms with E-state index in [1.165, 1.54) is 12.8 Å². The van der Waals surface area contributed by atoms with Crippen molar-refractivity contribution in [3.05, 3.63) is 11.4 Å². The van der Waals surface area contributed by atoms with Crippen LogP contribution in [0.4, 0.5) is 0 Å². The Morgan fingerprint density at radius 2 is 2.05 bits per heavy atom. The number of carbonyl (C=O) groups is 1. The first kappa shape index (κ1) is 14.5. The topological polar surface area (TPSA) is 63.1 Å². The Morgan fingerprint density at radius 1 is 1.33 bits per heavy atom. The van der Waals surface area contributed by atoms with Gasteiger partial charge in [0.05, 0.1) is 11.7 Å². The first-order valence-corrected chi connectivity index (χ1v) is 8.12. The molecule has 1 saturated heterocycles. The Morgan fingerprint density at radius 3 is 2.67 bits per heavy atom. The van der Waals surface area contributed by atoms with Crippen LogP contribution in [0.3, 0.4) is 0 Å². The van der Waals surface area contributed by atoms with E-state index >= 15 is 0 Å². The van der Waals surface area contributed by atoms with Crippen LogP contribution in [-0.2, 0) is 0 Å². The van der Waals surface area contributed by atoms with Crippen molar-refractivity contribution in [2.24, 2.45) is 5.92 Å². The SMILES string of the molecule is CCN(CC1CC1)C(=O)c1nnn(C2CCNCC2)c1C. The molecule has 0 spiro atoms. The zero-order chi connectivity index (χ0) is 14.8. The van der Waals surface area contributed by atoms with E-state index in [0.717, 1.165) is 44.7 Å². The largest absolute Gasteiger partial charge is 0.337 e. The molecule has 1 aliphatic carbocycles. The maximum Gasteiger partial charge on any atom is 0.276 e. The van der Waals surface area contributed by atoms with Gasteiger partial charge in [-0.1, -0.05) is 5.21 Å². The lowest BCUT2D eigenvalue weighted by Gasteiger charge is -2.24. The summed E-state index contributed by atoms with van der Waals surface area (Å²) in [6.45, 7) is 7.64. The van der Waals surface area contributed by atoms with E-state index in [0.29, 0.717) is 17.7 Å². The van der Waals surface area contributed by atoms with Crippen LogP contribution in [0.2, 0.25) is 0 Å². The van der Waals surface area contributed by atoms with Crippen molar-refractivity contribution in [3.8, 4) is 0 Å². The molecule has 1 aromatic heterocycles. The van der Waals surface area contributed by atoms with E-state index in [-0.39, 0.29) is 5.91 Å². The summed E-state index contributed by atoms with van der Waals surface area (Å²) >= 11 is 0. The van der Waals surface area contributed by atoms with Gasteiger partial charge in [-0.2, -0.15) is 0 Å². The molecular formula is C15H25N5O. The Kier molecular flexibility index (Phi) is 4.24. The van der Waals surface area contributed by atoms with Crippen LogP contribution < -0.4 is 5.32 Å². The molecule has 1 amide bonds. The van der Waals surface area contributed by atoms with Crippen molar-refractivity contribution in [2.45, 2.75) is 45.6 Å². The number of amides is 1. The summed E-state index contributed by atoms with van der Waals surface area (Å²) in [5.41, 5.74) is 1.46. The van der Waals surface area contributed by atoms with E-state index in [1.807, 2.05) is 23.4 Å². The molecule has 21 heavy (non-hydrogen) atoms. The molecule has 2 aliphatic rings. The Hall–Kier alpha value is -1.43. The normalized spacial score (nSPS) is 19.7. The standard InChI is InChI=1S/C15H25N5O/c1-3-19(10-12-4-5-12)15(21)14-11(2)20(18-17-14)13-6-8-16-9-7-13/h12-13,16H,3-10H2,1-2H3. The zero-order valence-corrected chi connectivity index (χ0v) is 13.0. The van der Waals surface area contributed by atoms with Crippen molar-refractivity contribution in [1.29, 1.82) is 0 Å². The number of hydrogen-bond acceptors (Lipinski definition) is 4. The second-order valence-electron chi connectivity index (χ2n) is 6.24. The Balaban J connectivity index is 1.74. The van der Waals surface area contributed by atoms with Gasteiger partial charge in [-0.25, -0.2) is 4.68 Å². The molecule has 1 N–H and O–H groups in total. The van der Waals surface area contributed by atoms with Gasteiger partial charge in [0.15, 0.2) is 5.69 Å². The van der Waals surface area contributed by atoms with E-state index in [4.69, 9.17) is 0 Å². The van der Waals surface area contributed by atoms with Gasteiger partial charge in [0.1, 0.15) is 0 Å². The van der Waals surface area contributed by atoms with Gasteiger partial charge in [-0.15, -0.1) is 5.10 Å². The number of piperidine rings is 1. The molecule has 1 saturated carbocycles. The van der Waals surface area contributed by atoms with Gasteiger partial charge in [0.2, 0.25) is 0 Å². The van der Waals surface area contributed by atoms with Crippen molar-refractivity contribution in [2.75, 3.05) is 26.2 Å². The third-order valence-corrected chi connectivity index (χ3v) is 4.63. The van der Waals surface area contributed by atoms with Crippen LogP contribution in [0, 0.1) is 12.8 Å². The van der Waals surface area contributed by atoms with Crippen LogP contribution in [-0.4, -0.2) is 52.0 Å². The van der Waals surface area contributed by atoms with Gasteiger partial charge >= 0.3 is 0 Å². The van der Waals surface area contributed by atoms with Gasteiger partial charge in [0, 0.05) is 13.1 Å². The molecule has 2 heterocycles. The van der Waals surface area contributed by atoms with Crippen LogP contribution >= 0.6 is 0 Å². The van der Waals surface area contributed by atoms with Gasteiger partial charge in [-0.05, 0) is 58.5 Å². The quantitative estimate of drug-likeness (QED) is 0.890. The van der Waals surface area contributed by atoms with Crippen molar-refractivity contribution in [3.63, 3.8) is 0 Å². The number of nitrogens with zero attached hydrogens (tertiary/aromatic N) is 4. The molecule has 6 nitrogen and oxygen atoms in total. The molecule has 2 fully saturated rings. The average Bonchev–Trinajstić information content (AvgIpc) is 3.26. The van der Waals surface area contributed by atoms with Crippen molar-refractivity contribution >= 4 is 5.91 Å². The van der Waals surface area contributed by atoms with E-state index in [2.05, 4.69) is 15.6 Å².